The summed E-state index contributed by atoms with van der Waals surface area (Å²) in [7, 11) is 1.59. The van der Waals surface area contributed by atoms with Crippen molar-refractivity contribution in [3.8, 4) is 0 Å². The molecule has 0 bridgehead atoms. The highest BCUT2D eigenvalue weighted by atomic mass is 16.4. The van der Waals surface area contributed by atoms with Crippen molar-refractivity contribution in [3.05, 3.63) is 22.7 Å². The molecule has 94 valence electrons. The maximum Gasteiger partial charge on any atom is 0.326 e. The summed E-state index contributed by atoms with van der Waals surface area (Å²) in [6.07, 6.45) is 3.42. The number of aromatic nitrogens is 2. The Morgan fingerprint density at radius 1 is 1.59 bits per heavy atom. The van der Waals surface area contributed by atoms with Gasteiger partial charge >= 0.3 is 5.97 Å². The minimum atomic E-state index is -0.980. The van der Waals surface area contributed by atoms with E-state index in [0.717, 1.165) is 0 Å². The average molecular weight is 239 g/mol. The molecular formula is C11H17N3O3. The van der Waals surface area contributed by atoms with Crippen LogP contribution in [-0.2, 0) is 11.8 Å². The van der Waals surface area contributed by atoms with Gasteiger partial charge in [0.25, 0.3) is 5.56 Å². The maximum atomic E-state index is 11.7. The third-order valence-electron chi connectivity index (χ3n) is 2.33. The van der Waals surface area contributed by atoms with E-state index in [1.165, 1.54) is 17.0 Å². The first kappa shape index (κ1) is 13.2. The molecule has 1 aromatic rings. The smallest absolute Gasteiger partial charge is 0.326 e. The Hall–Kier alpha value is -1.85. The summed E-state index contributed by atoms with van der Waals surface area (Å²) in [6.45, 7) is 3.85. The van der Waals surface area contributed by atoms with Gasteiger partial charge in [0.15, 0.2) is 5.82 Å². The molecule has 0 radical (unpaired) electrons. The molecule has 0 aromatic carbocycles. The zero-order chi connectivity index (χ0) is 13.0. The Bertz CT molecular complexity index is 454. The summed E-state index contributed by atoms with van der Waals surface area (Å²) in [5.41, 5.74) is -0.331. The van der Waals surface area contributed by atoms with Gasteiger partial charge in [-0.1, -0.05) is 13.8 Å². The molecule has 0 aliphatic rings. The number of carbonyl (C=O) groups is 1. The number of carboxylic acid groups (broad SMARTS) is 1. The SMILES string of the molecule is CC(C)CC(Nc1nccn(C)c1=O)C(=O)O. The van der Waals surface area contributed by atoms with Crippen LogP contribution in [0.15, 0.2) is 17.2 Å². The van der Waals surface area contributed by atoms with Crippen LogP contribution in [0.4, 0.5) is 5.82 Å². The van der Waals surface area contributed by atoms with E-state index in [1.807, 2.05) is 13.8 Å². The first-order valence-electron chi connectivity index (χ1n) is 5.42. The van der Waals surface area contributed by atoms with E-state index in [4.69, 9.17) is 5.11 Å². The lowest BCUT2D eigenvalue weighted by Gasteiger charge is -2.16. The van der Waals surface area contributed by atoms with Crippen LogP contribution in [0.1, 0.15) is 20.3 Å². The molecule has 1 rings (SSSR count). The van der Waals surface area contributed by atoms with Crippen molar-refractivity contribution in [3.63, 3.8) is 0 Å². The molecule has 2 N–H and O–H groups in total. The molecule has 0 aliphatic heterocycles. The van der Waals surface area contributed by atoms with E-state index in [1.54, 1.807) is 7.05 Å². The normalized spacial score (nSPS) is 12.5. The monoisotopic (exact) mass is 239 g/mol. The van der Waals surface area contributed by atoms with Crippen molar-refractivity contribution >= 4 is 11.8 Å². The third-order valence-corrected chi connectivity index (χ3v) is 2.33. The molecule has 0 saturated heterocycles. The van der Waals surface area contributed by atoms with Crippen molar-refractivity contribution in [2.45, 2.75) is 26.3 Å². The van der Waals surface area contributed by atoms with Gasteiger partial charge in [-0.05, 0) is 12.3 Å². The van der Waals surface area contributed by atoms with Gasteiger partial charge in [0.1, 0.15) is 6.04 Å². The molecule has 1 aromatic heterocycles. The molecule has 1 heterocycles. The Morgan fingerprint density at radius 3 is 2.76 bits per heavy atom. The van der Waals surface area contributed by atoms with Crippen LogP contribution in [0.5, 0.6) is 0 Å². The summed E-state index contributed by atoms with van der Waals surface area (Å²) in [5, 5.41) is 11.7. The van der Waals surface area contributed by atoms with Gasteiger partial charge in [0, 0.05) is 19.4 Å². The van der Waals surface area contributed by atoms with Crippen molar-refractivity contribution in [2.75, 3.05) is 5.32 Å². The van der Waals surface area contributed by atoms with E-state index in [-0.39, 0.29) is 17.3 Å². The van der Waals surface area contributed by atoms with Gasteiger partial charge in [0.05, 0.1) is 0 Å². The summed E-state index contributed by atoms with van der Waals surface area (Å²) >= 11 is 0. The fourth-order valence-corrected chi connectivity index (χ4v) is 1.45. The van der Waals surface area contributed by atoms with Gasteiger partial charge in [-0.15, -0.1) is 0 Å². The molecule has 1 atom stereocenters. The molecule has 0 amide bonds. The van der Waals surface area contributed by atoms with Gasteiger partial charge in [-0.25, -0.2) is 9.78 Å². The highest BCUT2D eigenvalue weighted by Gasteiger charge is 2.20. The molecule has 6 heteroatoms. The molecule has 6 nitrogen and oxygen atoms in total. The van der Waals surface area contributed by atoms with Crippen LogP contribution in [0.3, 0.4) is 0 Å². The number of hydrogen-bond donors (Lipinski definition) is 2. The first-order chi connectivity index (χ1) is 7.91. The maximum absolute atomic E-state index is 11.7. The second-order valence-electron chi connectivity index (χ2n) is 4.36. The number of nitrogens with one attached hydrogen (secondary N) is 1. The predicted octanol–water partition coefficient (Wildman–Crippen LogP) is 0.691. The molecule has 0 spiro atoms. The Labute approximate surface area is 99.3 Å². The number of carboxylic acids is 1. The molecule has 0 fully saturated rings. The molecule has 0 saturated carbocycles. The highest BCUT2D eigenvalue weighted by molar-refractivity contribution is 5.76. The van der Waals surface area contributed by atoms with Crippen molar-refractivity contribution in [1.82, 2.24) is 9.55 Å². The van der Waals surface area contributed by atoms with E-state index < -0.39 is 12.0 Å². The van der Waals surface area contributed by atoms with Crippen molar-refractivity contribution in [1.29, 1.82) is 0 Å². The fraction of sp³-hybridized carbons (Fsp3) is 0.545. The van der Waals surface area contributed by atoms with Gasteiger partial charge in [-0.2, -0.15) is 0 Å². The lowest BCUT2D eigenvalue weighted by atomic mass is 10.0. The van der Waals surface area contributed by atoms with Gasteiger partial charge in [-0.3, -0.25) is 4.79 Å². The van der Waals surface area contributed by atoms with E-state index in [0.29, 0.717) is 6.42 Å². The number of hydrogen-bond acceptors (Lipinski definition) is 4. The quantitative estimate of drug-likeness (QED) is 0.789. The van der Waals surface area contributed by atoms with Crippen LogP contribution in [0.2, 0.25) is 0 Å². The van der Waals surface area contributed by atoms with Crippen molar-refractivity contribution < 1.29 is 9.90 Å². The predicted molar refractivity (Wildman–Crippen MR) is 64.0 cm³/mol. The second kappa shape index (κ2) is 5.47. The molecule has 0 aliphatic carbocycles. The Kier molecular flexibility index (Phi) is 4.25. The van der Waals surface area contributed by atoms with Crippen LogP contribution < -0.4 is 10.9 Å². The summed E-state index contributed by atoms with van der Waals surface area (Å²) in [4.78, 5) is 26.6. The zero-order valence-electron chi connectivity index (χ0n) is 10.2. The summed E-state index contributed by atoms with van der Waals surface area (Å²) in [6, 6.07) is -0.794. The molecule has 1 unspecified atom stereocenters. The fourth-order valence-electron chi connectivity index (χ4n) is 1.45. The lowest BCUT2D eigenvalue weighted by Crippen LogP contribution is -2.34. The topological polar surface area (TPSA) is 84.2 Å². The largest absolute Gasteiger partial charge is 0.480 e. The number of aliphatic carboxylic acids is 1. The van der Waals surface area contributed by atoms with Crippen LogP contribution in [-0.4, -0.2) is 26.7 Å². The molecule has 17 heavy (non-hydrogen) atoms. The Morgan fingerprint density at radius 2 is 2.24 bits per heavy atom. The van der Waals surface area contributed by atoms with E-state index in [2.05, 4.69) is 10.3 Å². The standard InChI is InChI=1S/C11H17N3O3/c1-7(2)6-8(11(16)17)13-9-10(15)14(3)5-4-12-9/h4-5,7-8H,6H2,1-3H3,(H,12,13)(H,16,17). The zero-order valence-corrected chi connectivity index (χ0v) is 10.2. The minimum absolute atomic E-state index is 0.0723. The van der Waals surface area contributed by atoms with Crippen LogP contribution in [0.25, 0.3) is 0 Å². The second-order valence-corrected chi connectivity index (χ2v) is 4.36. The Balaban J connectivity index is 2.90. The molecular weight excluding hydrogens is 222 g/mol. The van der Waals surface area contributed by atoms with Crippen LogP contribution >= 0.6 is 0 Å². The third kappa shape index (κ3) is 3.58. The first-order valence-corrected chi connectivity index (χ1v) is 5.42. The van der Waals surface area contributed by atoms with E-state index in [9.17, 15) is 9.59 Å². The van der Waals surface area contributed by atoms with E-state index >= 15 is 0 Å². The van der Waals surface area contributed by atoms with Gasteiger partial charge in [0.2, 0.25) is 0 Å². The average Bonchev–Trinajstić information content (AvgIpc) is 2.22. The summed E-state index contributed by atoms with van der Waals surface area (Å²) in [5.74, 6) is -0.689. The number of rotatable bonds is 5. The summed E-state index contributed by atoms with van der Waals surface area (Å²) < 4.78 is 1.35. The highest BCUT2D eigenvalue weighted by Crippen LogP contribution is 2.08. The van der Waals surface area contributed by atoms with Gasteiger partial charge < -0.3 is 15.0 Å². The number of anilines is 1. The number of nitrogens with zero attached hydrogens (tertiary/aromatic N) is 2. The number of aryl methyl sites for hydroxylation is 1. The minimum Gasteiger partial charge on any atom is -0.480 e. The van der Waals surface area contributed by atoms with Crippen molar-refractivity contribution in [2.24, 2.45) is 13.0 Å². The lowest BCUT2D eigenvalue weighted by molar-refractivity contribution is -0.138. The van der Waals surface area contributed by atoms with Crippen LogP contribution in [0, 0.1) is 5.92 Å².